The van der Waals surface area contributed by atoms with Gasteiger partial charge in [-0.05, 0) is 0 Å². The Morgan fingerprint density at radius 2 is 1.88 bits per heavy atom. The number of allylic oxidation sites excluding steroid dienone is 2. The van der Waals surface area contributed by atoms with E-state index in [4.69, 9.17) is 29.8 Å². The van der Waals surface area contributed by atoms with Gasteiger partial charge in [-0.25, -0.2) is 14.4 Å². The molecule has 2 aliphatic heterocycles. The van der Waals surface area contributed by atoms with Gasteiger partial charge in [0.25, 0.3) is 0 Å². The number of hydrogen-bond donors (Lipinski definition) is 2. The molecule has 0 amide bonds. The van der Waals surface area contributed by atoms with Crippen molar-refractivity contribution in [2.24, 2.45) is 5.73 Å². The van der Waals surface area contributed by atoms with Gasteiger partial charge in [-0.3, -0.25) is 5.73 Å². The summed E-state index contributed by atoms with van der Waals surface area (Å²) in [4.78, 5) is 33.5. The van der Waals surface area contributed by atoms with Crippen molar-refractivity contribution in [2.45, 2.75) is 24.0 Å². The normalized spacial score (nSPS) is 32.0. The van der Waals surface area contributed by atoms with Crippen molar-refractivity contribution in [2.75, 3.05) is 13.2 Å². The molecule has 9 nitrogen and oxygen atoms in total. The molecule has 0 saturated carbocycles. The first kappa shape index (κ1) is 17.9. The van der Waals surface area contributed by atoms with E-state index in [-0.39, 0.29) is 13.2 Å². The first-order valence-electron chi connectivity index (χ1n) is 7.02. The van der Waals surface area contributed by atoms with Crippen LogP contribution in [0.5, 0.6) is 0 Å². The van der Waals surface area contributed by atoms with E-state index in [0.717, 1.165) is 6.08 Å². The van der Waals surface area contributed by atoms with Crippen molar-refractivity contribution in [1.82, 2.24) is 0 Å². The van der Waals surface area contributed by atoms with Crippen LogP contribution in [0.4, 0.5) is 0 Å². The maximum Gasteiger partial charge on any atom is 0.331 e. The Labute approximate surface area is 137 Å². The van der Waals surface area contributed by atoms with Crippen molar-refractivity contribution >= 4 is 17.9 Å². The second-order valence-corrected chi connectivity index (χ2v) is 5.09. The molecule has 2 fully saturated rings. The molecular formula is C15H17NO8. The lowest BCUT2D eigenvalue weighted by molar-refractivity contribution is -0.156. The van der Waals surface area contributed by atoms with Gasteiger partial charge >= 0.3 is 17.9 Å². The van der Waals surface area contributed by atoms with Crippen molar-refractivity contribution in [3.63, 3.8) is 0 Å². The third-order valence-electron chi connectivity index (χ3n) is 3.47. The van der Waals surface area contributed by atoms with E-state index in [1.807, 2.05) is 0 Å². The summed E-state index contributed by atoms with van der Waals surface area (Å²) in [5.41, 5.74) is 4.62. The van der Waals surface area contributed by atoms with Crippen LogP contribution in [0.3, 0.4) is 0 Å². The molecule has 0 bridgehead atoms. The van der Waals surface area contributed by atoms with Gasteiger partial charge in [-0.1, -0.05) is 18.7 Å². The summed E-state index contributed by atoms with van der Waals surface area (Å²) in [5.74, 6) is -2.79. The fourth-order valence-electron chi connectivity index (χ4n) is 2.40. The lowest BCUT2D eigenvalue weighted by Crippen LogP contribution is -2.56. The molecule has 2 saturated heterocycles. The number of nitrogens with two attached hydrogens (primary N) is 1. The second kappa shape index (κ2) is 7.39. The van der Waals surface area contributed by atoms with E-state index in [1.54, 1.807) is 0 Å². The summed E-state index contributed by atoms with van der Waals surface area (Å²) < 4.78 is 21.1. The first-order valence-corrected chi connectivity index (χ1v) is 7.02. The van der Waals surface area contributed by atoms with E-state index in [9.17, 15) is 14.4 Å². The smallest absolute Gasteiger partial charge is 0.331 e. The molecule has 9 heteroatoms. The molecule has 24 heavy (non-hydrogen) atoms. The molecule has 2 heterocycles. The number of carboxylic acids is 1. The molecule has 130 valence electrons. The average molecular weight is 339 g/mol. The van der Waals surface area contributed by atoms with Gasteiger partial charge in [-0.15, -0.1) is 0 Å². The number of rotatable bonds is 6. The lowest BCUT2D eigenvalue weighted by Gasteiger charge is -2.27. The molecule has 0 unspecified atom stereocenters. The first-order chi connectivity index (χ1) is 11.4. The molecule has 4 atom stereocenters. The quantitative estimate of drug-likeness (QED) is 0.365. The van der Waals surface area contributed by atoms with Crippen LogP contribution in [0, 0.1) is 0 Å². The van der Waals surface area contributed by atoms with Gasteiger partial charge in [0.05, 0.1) is 13.2 Å². The molecule has 0 aliphatic carbocycles. The summed E-state index contributed by atoms with van der Waals surface area (Å²) in [5, 5.41) is 8.48. The summed E-state index contributed by atoms with van der Waals surface area (Å²) >= 11 is 0. The minimum Gasteiger partial charge on any atom is -0.478 e. The number of esters is 2. The van der Waals surface area contributed by atoms with Crippen LogP contribution in [0.15, 0.2) is 37.0 Å². The third kappa shape index (κ3) is 3.88. The van der Waals surface area contributed by atoms with Crippen LogP contribution >= 0.6 is 0 Å². The summed E-state index contributed by atoms with van der Waals surface area (Å²) in [7, 11) is 0. The van der Waals surface area contributed by atoms with E-state index in [2.05, 4.69) is 6.58 Å². The van der Waals surface area contributed by atoms with Crippen molar-refractivity contribution in [3.8, 4) is 0 Å². The number of aliphatic carboxylic acids is 1. The van der Waals surface area contributed by atoms with Crippen LogP contribution in [-0.2, 0) is 33.3 Å². The highest BCUT2D eigenvalue weighted by Gasteiger charge is 2.61. The zero-order chi connectivity index (χ0) is 17.7. The number of carboxylic acid groups (broad SMARTS) is 1. The van der Waals surface area contributed by atoms with Crippen molar-refractivity contribution < 1.29 is 38.4 Å². The Kier molecular flexibility index (Phi) is 5.50. The topological polar surface area (TPSA) is 134 Å². The van der Waals surface area contributed by atoms with Gasteiger partial charge in [0.2, 0.25) is 0 Å². The molecule has 0 aromatic heterocycles. The molecule has 2 aliphatic rings. The summed E-state index contributed by atoms with van der Waals surface area (Å²) in [6.07, 6.45) is 2.91. The second-order valence-electron chi connectivity index (χ2n) is 5.09. The summed E-state index contributed by atoms with van der Waals surface area (Å²) in [6, 6.07) is 0. The predicted molar refractivity (Wildman–Crippen MR) is 78.5 cm³/mol. The molecule has 0 aromatic rings. The van der Waals surface area contributed by atoms with E-state index in [1.165, 1.54) is 18.2 Å². The Bertz CT molecular complexity index is 598. The maximum atomic E-state index is 11.6. The Morgan fingerprint density at radius 3 is 2.54 bits per heavy atom. The van der Waals surface area contributed by atoms with Crippen LogP contribution < -0.4 is 5.73 Å². The lowest BCUT2D eigenvalue weighted by atomic mass is 10.0. The molecule has 3 N–H and O–H groups in total. The van der Waals surface area contributed by atoms with Crippen LogP contribution in [0.2, 0.25) is 0 Å². The van der Waals surface area contributed by atoms with Gasteiger partial charge in [-0.2, -0.15) is 0 Å². The number of fused-ring (bicyclic) bond motifs is 1. The fraction of sp³-hybridized carbons (Fsp3) is 0.400. The Morgan fingerprint density at radius 1 is 1.17 bits per heavy atom. The zero-order valence-corrected chi connectivity index (χ0v) is 12.6. The van der Waals surface area contributed by atoms with E-state index < -0.39 is 41.9 Å². The SMILES string of the molecule is C=C/C=C\C(=O)O[C@H]1CO[C@@]2(N)[C@@H]1OC[C@H]2OC(=O)/C=C\C(=O)O. The van der Waals surface area contributed by atoms with Crippen LogP contribution in [0.25, 0.3) is 0 Å². The molecular weight excluding hydrogens is 322 g/mol. The predicted octanol–water partition coefficient (Wildman–Crippen LogP) is -0.723. The highest BCUT2D eigenvalue weighted by Crippen LogP contribution is 2.36. The van der Waals surface area contributed by atoms with Gasteiger partial charge in [0, 0.05) is 18.2 Å². The minimum absolute atomic E-state index is 0.0200. The third-order valence-corrected chi connectivity index (χ3v) is 3.47. The highest BCUT2D eigenvalue weighted by atomic mass is 16.7. The average Bonchev–Trinajstić information content (AvgIpc) is 3.00. The molecule has 0 radical (unpaired) electrons. The largest absolute Gasteiger partial charge is 0.478 e. The number of carbonyl (C=O) groups excluding carboxylic acids is 2. The molecule has 0 aromatic carbocycles. The Hall–Kier alpha value is -2.49. The van der Waals surface area contributed by atoms with Crippen molar-refractivity contribution in [3.05, 3.63) is 37.0 Å². The van der Waals surface area contributed by atoms with E-state index >= 15 is 0 Å². The van der Waals surface area contributed by atoms with Gasteiger partial charge < -0.3 is 24.1 Å². The standard InChI is InChI=1S/C15H17NO8/c1-2-3-4-12(19)23-9-7-22-15(16)10(8-21-14(9)15)24-13(20)6-5-11(17)18/h2-6,9-10,14H,1,7-8,16H2,(H,17,18)/b4-3-,6-5-/t9-,10+,14+,15+/m0/s1. The minimum atomic E-state index is -1.47. The van der Waals surface area contributed by atoms with Crippen LogP contribution in [0.1, 0.15) is 0 Å². The van der Waals surface area contributed by atoms with E-state index in [0.29, 0.717) is 6.08 Å². The maximum absolute atomic E-state index is 11.6. The number of ether oxygens (including phenoxy) is 4. The molecule has 0 spiro atoms. The van der Waals surface area contributed by atoms with Gasteiger partial charge in [0.15, 0.2) is 17.9 Å². The number of hydrogen-bond acceptors (Lipinski definition) is 8. The molecule has 2 rings (SSSR count). The van der Waals surface area contributed by atoms with Crippen molar-refractivity contribution in [1.29, 1.82) is 0 Å². The number of carbonyl (C=O) groups is 3. The fourth-order valence-corrected chi connectivity index (χ4v) is 2.40. The highest BCUT2D eigenvalue weighted by molar-refractivity contribution is 5.90. The monoisotopic (exact) mass is 339 g/mol. The van der Waals surface area contributed by atoms with Gasteiger partial charge in [0.1, 0.15) is 6.10 Å². The summed E-state index contributed by atoms with van der Waals surface area (Å²) in [6.45, 7) is 3.35. The Balaban J connectivity index is 1.98. The zero-order valence-electron chi connectivity index (χ0n) is 12.6. The van der Waals surface area contributed by atoms with Crippen LogP contribution in [-0.4, -0.2) is 60.3 Å².